The molecule has 0 aromatic heterocycles. The van der Waals surface area contributed by atoms with Gasteiger partial charge in [0.2, 0.25) is 0 Å². The molecule has 0 heterocycles. The number of aliphatic hydroxyl groups excluding tert-OH is 1. The minimum atomic E-state index is -0.577. The smallest absolute Gasteiger partial charge is 0.315 e. The van der Waals surface area contributed by atoms with E-state index in [2.05, 4.69) is 10.6 Å². The number of amides is 2. The fraction of sp³-hybridized carbons (Fsp3) is 0.350. The summed E-state index contributed by atoms with van der Waals surface area (Å²) < 4.78 is 5.40. The van der Waals surface area contributed by atoms with Crippen LogP contribution >= 0.6 is 0 Å². The Kier molecular flexibility index (Phi) is 4.09. The summed E-state index contributed by atoms with van der Waals surface area (Å²) in [6.07, 6.45) is 0.902. The van der Waals surface area contributed by atoms with Gasteiger partial charge in [-0.2, -0.15) is 0 Å². The van der Waals surface area contributed by atoms with Gasteiger partial charge in [-0.05, 0) is 29.2 Å². The van der Waals surface area contributed by atoms with Crippen LogP contribution in [0, 0.1) is 0 Å². The zero-order valence-corrected chi connectivity index (χ0v) is 14.1. The van der Waals surface area contributed by atoms with E-state index in [1.165, 1.54) is 0 Å². The molecule has 2 amide bonds. The molecule has 3 N–H and O–H groups in total. The summed E-state index contributed by atoms with van der Waals surface area (Å²) in [5, 5.41) is 16.2. The number of carbonyl (C=O) groups excluding carboxylic acids is 1. The van der Waals surface area contributed by atoms with E-state index in [-0.39, 0.29) is 24.0 Å². The number of aliphatic hydroxyl groups is 1. The lowest BCUT2D eigenvalue weighted by atomic mass is 10.1. The molecule has 0 aliphatic heterocycles. The highest BCUT2D eigenvalue weighted by molar-refractivity contribution is 5.76. The van der Waals surface area contributed by atoms with Gasteiger partial charge in [-0.3, -0.25) is 0 Å². The standard InChI is InChI=1S/C20H22N2O3/c1-25-18-9-5-4-8-14(18)15-11-16(15)21-20(24)22-19-13-7-3-2-6-12(13)10-17(19)23/h2-9,15-17,19,23H,10-11H2,1H3,(H2,21,22,24). The molecule has 1 fully saturated rings. The van der Waals surface area contributed by atoms with Crippen molar-refractivity contribution in [2.75, 3.05) is 7.11 Å². The zero-order valence-electron chi connectivity index (χ0n) is 14.1. The van der Waals surface area contributed by atoms with Crippen LogP contribution in [0.1, 0.15) is 35.1 Å². The van der Waals surface area contributed by atoms with Crippen LogP contribution in [-0.2, 0) is 6.42 Å². The highest BCUT2D eigenvalue weighted by Crippen LogP contribution is 2.44. The quantitative estimate of drug-likeness (QED) is 0.802. The van der Waals surface area contributed by atoms with Crippen molar-refractivity contribution in [3.05, 3.63) is 65.2 Å². The van der Waals surface area contributed by atoms with Crippen molar-refractivity contribution in [2.24, 2.45) is 0 Å². The summed E-state index contributed by atoms with van der Waals surface area (Å²) >= 11 is 0. The highest BCUT2D eigenvalue weighted by atomic mass is 16.5. The maximum Gasteiger partial charge on any atom is 0.315 e. The molecule has 0 bridgehead atoms. The first kappa shape index (κ1) is 16.0. The fourth-order valence-electron chi connectivity index (χ4n) is 3.77. The molecule has 4 unspecified atom stereocenters. The maximum atomic E-state index is 12.4. The lowest BCUT2D eigenvalue weighted by Crippen LogP contribution is -2.42. The van der Waals surface area contributed by atoms with Gasteiger partial charge in [0.25, 0.3) is 0 Å². The van der Waals surface area contributed by atoms with E-state index < -0.39 is 6.10 Å². The Bertz CT molecular complexity index is 792. The number of methoxy groups -OCH3 is 1. The lowest BCUT2D eigenvalue weighted by Gasteiger charge is -2.18. The zero-order chi connectivity index (χ0) is 17.4. The molecule has 0 spiro atoms. The minimum absolute atomic E-state index is 0.102. The van der Waals surface area contributed by atoms with Crippen molar-refractivity contribution in [1.29, 1.82) is 0 Å². The molecule has 130 valence electrons. The van der Waals surface area contributed by atoms with E-state index in [0.29, 0.717) is 6.42 Å². The Morgan fingerprint density at radius 1 is 1.08 bits per heavy atom. The maximum absolute atomic E-state index is 12.4. The average molecular weight is 338 g/mol. The predicted octanol–water partition coefficient (Wildman–Crippen LogP) is 2.51. The Labute approximate surface area is 147 Å². The van der Waals surface area contributed by atoms with Gasteiger partial charge in [-0.25, -0.2) is 4.79 Å². The monoisotopic (exact) mass is 338 g/mol. The van der Waals surface area contributed by atoms with E-state index in [1.54, 1.807) is 7.11 Å². The van der Waals surface area contributed by atoms with Crippen molar-refractivity contribution in [1.82, 2.24) is 10.6 Å². The van der Waals surface area contributed by atoms with Gasteiger partial charge >= 0.3 is 6.03 Å². The Morgan fingerprint density at radius 3 is 2.60 bits per heavy atom. The van der Waals surface area contributed by atoms with Crippen LogP contribution in [0.15, 0.2) is 48.5 Å². The van der Waals surface area contributed by atoms with Crippen LogP contribution in [0.3, 0.4) is 0 Å². The Morgan fingerprint density at radius 2 is 1.80 bits per heavy atom. The van der Waals surface area contributed by atoms with Gasteiger partial charge in [0.15, 0.2) is 0 Å². The largest absolute Gasteiger partial charge is 0.496 e. The summed E-state index contributed by atoms with van der Waals surface area (Å²) in [5.41, 5.74) is 3.22. The van der Waals surface area contributed by atoms with E-state index in [1.807, 2.05) is 48.5 Å². The number of fused-ring (bicyclic) bond motifs is 1. The number of ether oxygens (including phenoxy) is 1. The third-order valence-corrected chi connectivity index (χ3v) is 5.14. The number of para-hydroxylation sites is 1. The summed E-state index contributed by atoms with van der Waals surface area (Å²) in [4.78, 5) is 12.4. The third-order valence-electron chi connectivity index (χ3n) is 5.14. The van der Waals surface area contributed by atoms with E-state index in [4.69, 9.17) is 4.74 Å². The fourth-order valence-corrected chi connectivity index (χ4v) is 3.77. The Balaban J connectivity index is 1.38. The summed E-state index contributed by atoms with van der Waals surface area (Å²) in [5.74, 6) is 1.14. The SMILES string of the molecule is COc1ccccc1C1CC1NC(=O)NC1c2ccccc2CC1O. The molecule has 2 aromatic carbocycles. The molecule has 0 radical (unpaired) electrons. The van der Waals surface area contributed by atoms with Crippen LogP contribution in [0.25, 0.3) is 0 Å². The molecule has 2 aromatic rings. The van der Waals surface area contributed by atoms with Gasteiger partial charge < -0.3 is 20.5 Å². The first-order valence-corrected chi connectivity index (χ1v) is 8.63. The summed E-state index contributed by atoms with van der Waals surface area (Å²) in [6.45, 7) is 0. The molecular weight excluding hydrogens is 316 g/mol. The first-order chi connectivity index (χ1) is 12.2. The van der Waals surface area contributed by atoms with Crippen LogP contribution in [0.2, 0.25) is 0 Å². The highest BCUT2D eigenvalue weighted by Gasteiger charge is 2.42. The topological polar surface area (TPSA) is 70.6 Å². The number of urea groups is 1. The van der Waals surface area contributed by atoms with E-state index in [0.717, 1.165) is 28.9 Å². The summed E-state index contributed by atoms with van der Waals surface area (Å²) in [7, 11) is 1.66. The van der Waals surface area contributed by atoms with Crippen LogP contribution < -0.4 is 15.4 Å². The van der Waals surface area contributed by atoms with E-state index in [9.17, 15) is 9.90 Å². The number of rotatable bonds is 4. The number of nitrogens with one attached hydrogen (secondary N) is 2. The number of hydrogen-bond acceptors (Lipinski definition) is 3. The van der Waals surface area contributed by atoms with Crippen molar-refractivity contribution in [3.63, 3.8) is 0 Å². The number of hydrogen-bond donors (Lipinski definition) is 3. The van der Waals surface area contributed by atoms with Crippen molar-refractivity contribution < 1.29 is 14.6 Å². The van der Waals surface area contributed by atoms with Crippen LogP contribution in [0.4, 0.5) is 4.79 Å². The van der Waals surface area contributed by atoms with Crippen molar-refractivity contribution in [3.8, 4) is 5.75 Å². The third kappa shape index (κ3) is 3.07. The number of carbonyl (C=O) groups is 1. The second-order valence-electron chi connectivity index (χ2n) is 6.76. The normalized spacial score (nSPS) is 26.6. The van der Waals surface area contributed by atoms with Gasteiger partial charge in [-0.15, -0.1) is 0 Å². The molecule has 5 heteroatoms. The molecule has 2 aliphatic carbocycles. The summed E-state index contributed by atoms with van der Waals surface area (Å²) in [6, 6.07) is 15.3. The Hall–Kier alpha value is -2.53. The molecule has 1 saturated carbocycles. The van der Waals surface area contributed by atoms with Crippen molar-refractivity contribution in [2.45, 2.75) is 36.9 Å². The molecule has 25 heavy (non-hydrogen) atoms. The second-order valence-corrected chi connectivity index (χ2v) is 6.76. The van der Waals surface area contributed by atoms with E-state index >= 15 is 0 Å². The van der Waals surface area contributed by atoms with Crippen LogP contribution in [-0.4, -0.2) is 30.4 Å². The molecule has 4 atom stereocenters. The van der Waals surface area contributed by atoms with Crippen molar-refractivity contribution >= 4 is 6.03 Å². The van der Waals surface area contributed by atoms with Gasteiger partial charge in [0.05, 0.1) is 19.3 Å². The molecular formula is C20H22N2O3. The van der Waals surface area contributed by atoms with Gasteiger partial charge in [0.1, 0.15) is 5.75 Å². The molecule has 2 aliphatic rings. The average Bonchev–Trinajstić information content (AvgIpc) is 3.31. The molecule has 0 saturated heterocycles. The number of benzene rings is 2. The second kappa shape index (κ2) is 6.41. The predicted molar refractivity (Wildman–Crippen MR) is 94.7 cm³/mol. The first-order valence-electron chi connectivity index (χ1n) is 8.63. The van der Waals surface area contributed by atoms with Crippen LogP contribution in [0.5, 0.6) is 5.75 Å². The molecule has 5 nitrogen and oxygen atoms in total. The van der Waals surface area contributed by atoms with Gasteiger partial charge in [0, 0.05) is 18.4 Å². The minimum Gasteiger partial charge on any atom is -0.496 e. The van der Waals surface area contributed by atoms with Gasteiger partial charge in [-0.1, -0.05) is 42.5 Å². The molecule has 4 rings (SSSR count). The lowest BCUT2D eigenvalue weighted by molar-refractivity contribution is 0.142.